The monoisotopic (exact) mass is 369 g/mol. The van der Waals surface area contributed by atoms with Gasteiger partial charge in [-0.3, -0.25) is 4.79 Å². The lowest BCUT2D eigenvalue weighted by atomic mass is 10.1. The molecule has 6 heteroatoms. The van der Waals surface area contributed by atoms with Crippen LogP contribution in [0.25, 0.3) is 10.8 Å². The Bertz CT molecular complexity index is 971. The summed E-state index contributed by atoms with van der Waals surface area (Å²) in [5.74, 6) is -1.38. The van der Waals surface area contributed by atoms with E-state index in [1.54, 1.807) is 36.4 Å². The molecular weight excluding hydrogens is 354 g/mol. The minimum atomic E-state index is -0.763. The molecule has 2 N–H and O–H groups in total. The predicted molar refractivity (Wildman–Crippen MR) is 99.2 cm³/mol. The summed E-state index contributed by atoms with van der Waals surface area (Å²) in [7, 11) is 0. The zero-order valence-corrected chi connectivity index (χ0v) is 14.5. The molecule has 0 spiro atoms. The Balaban J connectivity index is 1.59. The highest BCUT2D eigenvalue weighted by Gasteiger charge is 2.16. The minimum absolute atomic E-state index is 0.0163. The lowest BCUT2D eigenvalue weighted by Crippen LogP contribution is -2.28. The smallest absolute Gasteiger partial charge is 0.342 e. The highest BCUT2D eigenvalue weighted by Crippen LogP contribution is 2.28. The lowest BCUT2D eigenvalue weighted by molar-refractivity contribution is -0.124. The molecule has 132 valence electrons. The second kappa shape index (κ2) is 7.89. The third-order valence-electron chi connectivity index (χ3n) is 3.89. The number of amides is 1. The number of esters is 1. The van der Waals surface area contributed by atoms with Crippen molar-refractivity contribution in [2.75, 3.05) is 6.61 Å². The molecule has 3 aromatic rings. The molecule has 5 nitrogen and oxygen atoms in total. The molecular formula is C20H16ClNO4. The van der Waals surface area contributed by atoms with Crippen molar-refractivity contribution in [1.29, 1.82) is 0 Å². The Morgan fingerprint density at radius 3 is 2.54 bits per heavy atom. The average molecular weight is 370 g/mol. The number of carbonyl (C=O) groups excluding carboxylic acids is 2. The third kappa shape index (κ3) is 3.95. The van der Waals surface area contributed by atoms with Crippen LogP contribution in [0.15, 0.2) is 60.7 Å². The van der Waals surface area contributed by atoms with Crippen molar-refractivity contribution < 1.29 is 19.4 Å². The summed E-state index contributed by atoms with van der Waals surface area (Å²) in [6.45, 7) is -0.215. The molecule has 26 heavy (non-hydrogen) atoms. The lowest BCUT2D eigenvalue weighted by Gasteiger charge is -2.09. The molecule has 0 fully saturated rings. The number of ether oxygens (including phenoxy) is 1. The first-order valence-electron chi connectivity index (χ1n) is 7.94. The van der Waals surface area contributed by atoms with Crippen LogP contribution in [0.3, 0.4) is 0 Å². The first kappa shape index (κ1) is 17.8. The maximum absolute atomic E-state index is 12.2. The van der Waals surface area contributed by atoms with E-state index in [1.165, 1.54) is 6.07 Å². The Labute approximate surface area is 155 Å². The van der Waals surface area contributed by atoms with Crippen molar-refractivity contribution in [1.82, 2.24) is 5.32 Å². The SMILES string of the molecule is O=C(COC(=O)c1ccc2ccccc2c1O)NCc1ccccc1Cl. The number of hydrogen-bond donors (Lipinski definition) is 2. The molecule has 0 aliphatic carbocycles. The first-order chi connectivity index (χ1) is 12.6. The summed E-state index contributed by atoms with van der Waals surface area (Å²) in [5, 5.41) is 14.8. The van der Waals surface area contributed by atoms with Gasteiger partial charge in [0.1, 0.15) is 11.3 Å². The fourth-order valence-electron chi connectivity index (χ4n) is 2.52. The molecule has 0 saturated carbocycles. The molecule has 0 unspecified atom stereocenters. The molecule has 0 saturated heterocycles. The summed E-state index contributed by atoms with van der Waals surface area (Å²) >= 11 is 6.02. The van der Waals surface area contributed by atoms with Gasteiger partial charge in [-0.15, -0.1) is 0 Å². The Morgan fingerprint density at radius 2 is 1.73 bits per heavy atom. The predicted octanol–water partition coefficient (Wildman–Crippen LogP) is 3.67. The van der Waals surface area contributed by atoms with Gasteiger partial charge in [0.05, 0.1) is 0 Å². The molecule has 0 aromatic heterocycles. The van der Waals surface area contributed by atoms with Gasteiger partial charge in [0.25, 0.3) is 5.91 Å². The number of hydrogen-bond acceptors (Lipinski definition) is 4. The van der Waals surface area contributed by atoms with Gasteiger partial charge < -0.3 is 15.2 Å². The van der Waals surface area contributed by atoms with E-state index in [-0.39, 0.29) is 17.9 Å². The van der Waals surface area contributed by atoms with E-state index in [4.69, 9.17) is 16.3 Å². The second-order valence-electron chi connectivity index (χ2n) is 5.63. The van der Waals surface area contributed by atoms with Crippen LogP contribution in [0.1, 0.15) is 15.9 Å². The quantitative estimate of drug-likeness (QED) is 0.673. The number of nitrogens with one attached hydrogen (secondary N) is 1. The number of aromatic hydroxyl groups is 1. The van der Waals surface area contributed by atoms with E-state index in [0.29, 0.717) is 10.4 Å². The number of rotatable bonds is 5. The van der Waals surface area contributed by atoms with Gasteiger partial charge in [-0.25, -0.2) is 4.79 Å². The van der Waals surface area contributed by atoms with E-state index in [9.17, 15) is 14.7 Å². The molecule has 3 aromatic carbocycles. The Hall–Kier alpha value is -3.05. The molecule has 0 atom stereocenters. The highest BCUT2D eigenvalue weighted by molar-refractivity contribution is 6.31. The summed E-state index contributed by atoms with van der Waals surface area (Å²) in [4.78, 5) is 24.0. The summed E-state index contributed by atoms with van der Waals surface area (Å²) in [5.41, 5.74) is 0.781. The largest absolute Gasteiger partial charge is 0.506 e. The number of phenols is 1. The molecule has 1 amide bonds. The number of phenolic OH excluding ortho intramolecular Hbond substituents is 1. The topological polar surface area (TPSA) is 75.6 Å². The van der Waals surface area contributed by atoms with Crippen molar-refractivity contribution >= 4 is 34.2 Å². The maximum atomic E-state index is 12.2. The van der Waals surface area contributed by atoms with Gasteiger partial charge in [-0.1, -0.05) is 60.1 Å². The van der Waals surface area contributed by atoms with Crippen molar-refractivity contribution in [3.63, 3.8) is 0 Å². The molecule has 0 radical (unpaired) electrons. The fraction of sp³-hybridized carbons (Fsp3) is 0.100. The standard InChI is InChI=1S/C20H16ClNO4/c21-17-8-4-2-6-14(17)11-22-18(23)12-26-20(25)16-10-9-13-5-1-3-7-15(13)19(16)24/h1-10,24H,11-12H2,(H,22,23). The molecule has 0 aliphatic rings. The summed E-state index contributed by atoms with van der Waals surface area (Å²) < 4.78 is 4.99. The van der Waals surface area contributed by atoms with E-state index in [2.05, 4.69) is 5.32 Å². The molecule has 0 heterocycles. The number of benzene rings is 3. The zero-order chi connectivity index (χ0) is 18.5. The third-order valence-corrected chi connectivity index (χ3v) is 4.26. The number of fused-ring (bicyclic) bond motifs is 1. The van der Waals surface area contributed by atoms with Crippen LogP contribution in [0.5, 0.6) is 5.75 Å². The Kier molecular flexibility index (Phi) is 5.39. The van der Waals surface area contributed by atoms with Gasteiger partial charge in [0.2, 0.25) is 0 Å². The van der Waals surface area contributed by atoms with Gasteiger partial charge in [-0.05, 0) is 23.1 Å². The van der Waals surface area contributed by atoms with Gasteiger partial charge in [-0.2, -0.15) is 0 Å². The van der Waals surface area contributed by atoms with Crippen LogP contribution in [-0.2, 0) is 16.1 Å². The van der Waals surface area contributed by atoms with Gasteiger partial charge in [0, 0.05) is 17.0 Å². The number of carbonyl (C=O) groups is 2. The average Bonchev–Trinajstić information content (AvgIpc) is 2.66. The van der Waals surface area contributed by atoms with Crippen LogP contribution in [0, 0.1) is 0 Å². The fourth-order valence-corrected chi connectivity index (χ4v) is 2.72. The van der Waals surface area contributed by atoms with Crippen LogP contribution < -0.4 is 5.32 Å². The van der Waals surface area contributed by atoms with Gasteiger partial charge >= 0.3 is 5.97 Å². The van der Waals surface area contributed by atoms with Crippen LogP contribution in [0.2, 0.25) is 5.02 Å². The van der Waals surface area contributed by atoms with Crippen molar-refractivity contribution in [3.05, 3.63) is 76.8 Å². The minimum Gasteiger partial charge on any atom is -0.506 e. The molecule has 0 bridgehead atoms. The summed E-state index contributed by atoms with van der Waals surface area (Å²) in [6.07, 6.45) is 0. The molecule has 0 aliphatic heterocycles. The number of halogens is 1. The van der Waals surface area contributed by atoms with Crippen molar-refractivity contribution in [2.45, 2.75) is 6.54 Å². The Morgan fingerprint density at radius 1 is 1.00 bits per heavy atom. The zero-order valence-electron chi connectivity index (χ0n) is 13.7. The summed E-state index contributed by atoms with van der Waals surface area (Å²) in [6, 6.07) is 17.5. The van der Waals surface area contributed by atoms with E-state index in [1.807, 2.05) is 18.2 Å². The van der Waals surface area contributed by atoms with Crippen LogP contribution in [0.4, 0.5) is 0 Å². The normalized spacial score (nSPS) is 10.5. The van der Waals surface area contributed by atoms with E-state index < -0.39 is 18.5 Å². The molecule has 3 rings (SSSR count). The maximum Gasteiger partial charge on any atom is 0.342 e. The first-order valence-corrected chi connectivity index (χ1v) is 8.32. The second-order valence-corrected chi connectivity index (χ2v) is 6.03. The van der Waals surface area contributed by atoms with Crippen LogP contribution in [-0.4, -0.2) is 23.6 Å². The van der Waals surface area contributed by atoms with Crippen molar-refractivity contribution in [2.24, 2.45) is 0 Å². The van der Waals surface area contributed by atoms with Crippen LogP contribution >= 0.6 is 11.6 Å². The van der Waals surface area contributed by atoms with E-state index in [0.717, 1.165) is 10.9 Å². The van der Waals surface area contributed by atoms with E-state index >= 15 is 0 Å². The highest BCUT2D eigenvalue weighted by atomic mass is 35.5. The van der Waals surface area contributed by atoms with Gasteiger partial charge in [0.15, 0.2) is 6.61 Å². The van der Waals surface area contributed by atoms with Crippen molar-refractivity contribution in [3.8, 4) is 5.75 Å².